The summed E-state index contributed by atoms with van der Waals surface area (Å²) in [5.74, 6) is 0.868. The molecule has 0 atom stereocenters. The lowest BCUT2D eigenvalue weighted by Gasteiger charge is -2.38. The van der Waals surface area contributed by atoms with Crippen LogP contribution in [0.25, 0.3) is 10.8 Å². The van der Waals surface area contributed by atoms with Gasteiger partial charge in [-0.15, -0.1) is 0 Å². The van der Waals surface area contributed by atoms with Crippen molar-refractivity contribution in [3.05, 3.63) is 42.0 Å². The van der Waals surface area contributed by atoms with Gasteiger partial charge in [0.25, 0.3) is 0 Å². The summed E-state index contributed by atoms with van der Waals surface area (Å²) in [7, 11) is 1.69. The van der Waals surface area contributed by atoms with Crippen molar-refractivity contribution in [2.45, 2.75) is 45.4 Å². The number of fused-ring (bicyclic) bond motifs is 1. The molecule has 2 aromatic carbocycles. The first kappa shape index (κ1) is 15.8. The van der Waals surface area contributed by atoms with Crippen LogP contribution in [0.4, 0.5) is 0 Å². The summed E-state index contributed by atoms with van der Waals surface area (Å²) in [5.41, 5.74) is -0.104. The molecule has 0 unspecified atom stereocenters. The van der Waals surface area contributed by atoms with Crippen LogP contribution in [0.2, 0.25) is 0 Å². The highest BCUT2D eigenvalue weighted by molar-refractivity contribution is 5.87. The summed E-state index contributed by atoms with van der Waals surface area (Å²) < 4.78 is 5.50. The first-order valence-corrected chi connectivity index (χ1v) is 7.28. The highest BCUT2D eigenvalue weighted by Crippen LogP contribution is 2.29. The van der Waals surface area contributed by atoms with Crippen LogP contribution < -0.4 is 10.1 Å². The third-order valence-electron chi connectivity index (χ3n) is 4.45. The van der Waals surface area contributed by atoms with Gasteiger partial charge in [0.15, 0.2) is 0 Å². The second kappa shape index (κ2) is 5.66. The molecule has 3 heteroatoms. The van der Waals surface area contributed by atoms with Gasteiger partial charge in [-0.25, -0.2) is 0 Å². The maximum Gasteiger partial charge on any atom is 0.123 e. The number of hydrogen-bond donors (Lipinski definition) is 2. The molecule has 0 heterocycles. The Morgan fingerprint density at radius 2 is 1.71 bits per heavy atom. The summed E-state index contributed by atoms with van der Waals surface area (Å²) in [6.07, 6.45) is 0. The van der Waals surface area contributed by atoms with Crippen molar-refractivity contribution < 1.29 is 9.84 Å². The Kier molecular flexibility index (Phi) is 4.26. The van der Waals surface area contributed by atoms with E-state index in [-0.39, 0.29) is 0 Å². The molecule has 2 rings (SSSR count). The first-order valence-electron chi connectivity index (χ1n) is 7.28. The SMILES string of the molecule is COc1ccc2ccccc2c1CNC(C)(C)C(C)(C)O. The molecule has 0 aliphatic rings. The Balaban J connectivity index is 2.37. The minimum absolute atomic E-state index is 0.408. The molecular weight excluding hydrogens is 262 g/mol. The van der Waals surface area contributed by atoms with Crippen molar-refractivity contribution in [3.63, 3.8) is 0 Å². The standard InChI is InChI=1S/C18H25NO2/c1-17(2,18(3,4)20)19-12-15-14-9-7-6-8-13(14)10-11-16(15)21-5/h6-11,19-20H,12H2,1-5H3. The molecular formula is C18H25NO2. The molecule has 0 aliphatic heterocycles. The Hall–Kier alpha value is -1.58. The zero-order valence-electron chi connectivity index (χ0n) is 13.5. The average molecular weight is 287 g/mol. The monoisotopic (exact) mass is 287 g/mol. The number of ether oxygens (including phenoxy) is 1. The van der Waals surface area contributed by atoms with Gasteiger partial charge in [0.1, 0.15) is 5.75 Å². The van der Waals surface area contributed by atoms with Crippen LogP contribution in [0.5, 0.6) is 5.75 Å². The van der Waals surface area contributed by atoms with Gasteiger partial charge in [-0.3, -0.25) is 0 Å². The normalized spacial score (nSPS) is 12.7. The van der Waals surface area contributed by atoms with Crippen LogP contribution in [0, 0.1) is 0 Å². The maximum absolute atomic E-state index is 10.3. The minimum Gasteiger partial charge on any atom is -0.496 e. The fourth-order valence-electron chi connectivity index (χ4n) is 2.22. The number of aliphatic hydroxyl groups is 1. The molecule has 0 aliphatic carbocycles. The number of hydrogen-bond acceptors (Lipinski definition) is 3. The van der Waals surface area contributed by atoms with E-state index >= 15 is 0 Å². The van der Waals surface area contributed by atoms with Crippen LogP contribution in [0.3, 0.4) is 0 Å². The van der Waals surface area contributed by atoms with E-state index in [0.717, 1.165) is 11.3 Å². The minimum atomic E-state index is -0.815. The number of nitrogens with one attached hydrogen (secondary N) is 1. The first-order chi connectivity index (χ1) is 9.76. The summed E-state index contributed by atoms with van der Waals surface area (Å²) in [6.45, 7) is 8.29. The predicted octanol–water partition coefficient (Wildman–Crippen LogP) is 3.49. The second-order valence-electron chi connectivity index (χ2n) is 6.51. The fourth-order valence-corrected chi connectivity index (χ4v) is 2.22. The van der Waals surface area contributed by atoms with Gasteiger partial charge in [0, 0.05) is 17.6 Å². The zero-order chi connectivity index (χ0) is 15.7. The van der Waals surface area contributed by atoms with E-state index in [1.807, 2.05) is 45.9 Å². The van der Waals surface area contributed by atoms with E-state index in [4.69, 9.17) is 4.74 Å². The Morgan fingerprint density at radius 1 is 1.05 bits per heavy atom. The quantitative estimate of drug-likeness (QED) is 0.884. The molecule has 0 fully saturated rings. The fraction of sp³-hybridized carbons (Fsp3) is 0.444. The van der Waals surface area contributed by atoms with Crippen LogP contribution in [-0.4, -0.2) is 23.4 Å². The van der Waals surface area contributed by atoms with Crippen LogP contribution >= 0.6 is 0 Å². The summed E-state index contributed by atoms with van der Waals surface area (Å²) in [4.78, 5) is 0. The van der Waals surface area contributed by atoms with Gasteiger partial charge < -0.3 is 15.2 Å². The molecule has 0 aromatic heterocycles. The molecule has 3 nitrogen and oxygen atoms in total. The molecule has 0 saturated heterocycles. The number of benzene rings is 2. The number of methoxy groups -OCH3 is 1. The number of rotatable bonds is 5. The molecule has 0 radical (unpaired) electrons. The summed E-state index contributed by atoms with van der Waals surface area (Å²) in [5, 5.41) is 16.1. The third-order valence-corrected chi connectivity index (χ3v) is 4.45. The smallest absolute Gasteiger partial charge is 0.123 e. The van der Waals surface area contributed by atoms with Crippen molar-refractivity contribution in [1.29, 1.82) is 0 Å². The molecule has 21 heavy (non-hydrogen) atoms. The Labute approximate surface area is 126 Å². The Bertz CT molecular complexity index is 627. The van der Waals surface area contributed by atoms with Crippen molar-refractivity contribution >= 4 is 10.8 Å². The maximum atomic E-state index is 10.3. The molecule has 2 aromatic rings. The van der Waals surface area contributed by atoms with Gasteiger partial charge in [0.2, 0.25) is 0 Å². The average Bonchev–Trinajstić information content (AvgIpc) is 2.43. The molecule has 0 spiro atoms. The van der Waals surface area contributed by atoms with Crippen molar-refractivity contribution in [3.8, 4) is 5.75 Å². The van der Waals surface area contributed by atoms with Crippen molar-refractivity contribution in [1.82, 2.24) is 5.32 Å². The lowest BCUT2D eigenvalue weighted by molar-refractivity contribution is -0.00534. The molecule has 0 amide bonds. The van der Waals surface area contributed by atoms with E-state index in [2.05, 4.69) is 23.5 Å². The zero-order valence-corrected chi connectivity index (χ0v) is 13.5. The highest BCUT2D eigenvalue weighted by Gasteiger charge is 2.34. The Morgan fingerprint density at radius 3 is 2.33 bits per heavy atom. The molecule has 2 N–H and O–H groups in total. The van der Waals surface area contributed by atoms with Crippen molar-refractivity contribution in [2.24, 2.45) is 0 Å². The summed E-state index contributed by atoms with van der Waals surface area (Å²) in [6, 6.07) is 12.3. The van der Waals surface area contributed by atoms with E-state index in [1.165, 1.54) is 10.8 Å². The van der Waals surface area contributed by atoms with Gasteiger partial charge in [-0.1, -0.05) is 30.3 Å². The highest BCUT2D eigenvalue weighted by atomic mass is 16.5. The van der Waals surface area contributed by atoms with Gasteiger partial charge in [-0.05, 0) is 44.5 Å². The summed E-state index contributed by atoms with van der Waals surface area (Å²) >= 11 is 0. The van der Waals surface area contributed by atoms with Crippen molar-refractivity contribution in [2.75, 3.05) is 7.11 Å². The van der Waals surface area contributed by atoms with Crippen LogP contribution in [0.15, 0.2) is 36.4 Å². The van der Waals surface area contributed by atoms with E-state index < -0.39 is 11.1 Å². The molecule has 0 saturated carbocycles. The lowest BCUT2D eigenvalue weighted by atomic mass is 9.85. The van der Waals surface area contributed by atoms with Crippen LogP contribution in [0.1, 0.15) is 33.3 Å². The lowest BCUT2D eigenvalue weighted by Crippen LogP contribution is -2.55. The largest absolute Gasteiger partial charge is 0.496 e. The molecule has 114 valence electrons. The predicted molar refractivity (Wildman–Crippen MR) is 87.7 cm³/mol. The van der Waals surface area contributed by atoms with Gasteiger partial charge in [-0.2, -0.15) is 0 Å². The van der Waals surface area contributed by atoms with Crippen LogP contribution in [-0.2, 0) is 6.54 Å². The topological polar surface area (TPSA) is 41.5 Å². The van der Waals surface area contributed by atoms with E-state index in [0.29, 0.717) is 6.54 Å². The van der Waals surface area contributed by atoms with Gasteiger partial charge >= 0.3 is 0 Å². The van der Waals surface area contributed by atoms with E-state index in [9.17, 15) is 5.11 Å². The van der Waals surface area contributed by atoms with E-state index in [1.54, 1.807) is 7.11 Å². The third kappa shape index (κ3) is 3.20. The second-order valence-corrected chi connectivity index (χ2v) is 6.51. The molecule has 0 bridgehead atoms. The van der Waals surface area contributed by atoms with Gasteiger partial charge in [0.05, 0.1) is 12.7 Å².